The molecule has 0 aliphatic heterocycles. The van der Waals surface area contributed by atoms with Crippen molar-refractivity contribution in [3.8, 4) is 5.75 Å². The van der Waals surface area contributed by atoms with E-state index in [-0.39, 0.29) is 23.9 Å². The summed E-state index contributed by atoms with van der Waals surface area (Å²) in [5.41, 5.74) is 3.02. The van der Waals surface area contributed by atoms with Crippen molar-refractivity contribution in [3.63, 3.8) is 0 Å². The van der Waals surface area contributed by atoms with E-state index in [1.165, 1.54) is 21.8 Å². The standard InChI is InChI=1S/C26H35NO4S/c1-6-8-17-9-12-19(13-10-17)31-16-22(28)27-24-23(25(29)30-7-2)20-14-11-18(26(3,4)5)15-21(20)32-24/h9-10,12-13,18H,6-8,11,14-16H2,1-5H3,(H,27,28)/t18-/m1/s1. The Morgan fingerprint density at radius 3 is 2.50 bits per heavy atom. The number of anilines is 1. The molecule has 3 rings (SSSR count). The van der Waals surface area contributed by atoms with E-state index in [1.54, 1.807) is 6.92 Å². The fourth-order valence-electron chi connectivity index (χ4n) is 4.18. The van der Waals surface area contributed by atoms with Crippen molar-refractivity contribution in [2.24, 2.45) is 11.3 Å². The summed E-state index contributed by atoms with van der Waals surface area (Å²) >= 11 is 1.51. The molecule has 0 bridgehead atoms. The molecule has 1 aromatic heterocycles. The van der Waals surface area contributed by atoms with Crippen molar-refractivity contribution < 1.29 is 19.1 Å². The number of benzene rings is 1. The third-order valence-corrected chi connectivity index (χ3v) is 7.22. The predicted molar refractivity (Wildman–Crippen MR) is 130 cm³/mol. The summed E-state index contributed by atoms with van der Waals surface area (Å²) in [5, 5.41) is 3.49. The zero-order valence-electron chi connectivity index (χ0n) is 19.9. The van der Waals surface area contributed by atoms with Crippen LogP contribution in [0.2, 0.25) is 0 Å². The number of nitrogens with one attached hydrogen (secondary N) is 1. The SMILES string of the molecule is CCCc1ccc(OCC(=O)Nc2sc3c(c2C(=O)OCC)CC[C@@H](C(C)(C)C)C3)cc1. The number of aryl methyl sites for hydroxylation is 1. The fraction of sp³-hybridized carbons (Fsp3) is 0.538. The van der Waals surface area contributed by atoms with E-state index in [1.807, 2.05) is 24.3 Å². The number of carbonyl (C=O) groups excluding carboxylic acids is 2. The molecule has 1 aliphatic carbocycles. The number of hydrogen-bond acceptors (Lipinski definition) is 5. The summed E-state index contributed by atoms with van der Waals surface area (Å²) in [5.74, 6) is 0.566. The first-order valence-electron chi connectivity index (χ1n) is 11.6. The van der Waals surface area contributed by atoms with Gasteiger partial charge in [0.25, 0.3) is 5.91 Å². The van der Waals surface area contributed by atoms with Crippen LogP contribution in [0.15, 0.2) is 24.3 Å². The molecule has 1 amide bonds. The second-order valence-electron chi connectivity index (χ2n) is 9.46. The molecule has 2 aromatic rings. The van der Waals surface area contributed by atoms with Crippen LogP contribution in [0.3, 0.4) is 0 Å². The third kappa shape index (κ3) is 5.91. The molecule has 32 heavy (non-hydrogen) atoms. The van der Waals surface area contributed by atoms with E-state index in [0.717, 1.165) is 37.7 Å². The minimum absolute atomic E-state index is 0.109. The van der Waals surface area contributed by atoms with Crippen LogP contribution in [-0.2, 0) is 28.8 Å². The molecule has 0 fully saturated rings. The largest absolute Gasteiger partial charge is 0.484 e. The topological polar surface area (TPSA) is 64.6 Å². The van der Waals surface area contributed by atoms with E-state index >= 15 is 0 Å². The Balaban J connectivity index is 1.72. The molecule has 0 saturated carbocycles. The molecule has 0 unspecified atom stereocenters. The van der Waals surface area contributed by atoms with Crippen molar-refractivity contribution >= 4 is 28.2 Å². The molecule has 6 heteroatoms. The number of ether oxygens (including phenoxy) is 2. The van der Waals surface area contributed by atoms with Crippen LogP contribution in [0.1, 0.15) is 73.8 Å². The molecular formula is C26H35NO4S. The maximum Gasteiger partial charge on any atom is 0.341 e. The zero-order valence-corrected chi connectivity index (χ0v) is 20.7. The van der Waals surface area contributed by atoms with Crippen molar-refractivity contribution in [1.29, 1.82) is 0 Å². The van der Waals surface area contributed by atoms with Crippen molar-refractivity contribution in [2.45, 2.75) is 66.7 Å². The highest BCUT2D eigenvalue weighted by molar-refractivity contribution is 7.17. The lowest BCUT2D eigenvalue weighted by atomic mass is 9.72. The van der Waals surface area contributed by atoms with Crippen LogP contribution in [0.4, 0.5) is 5.00 Å². The Hall–Kier alpha value is -2.34. The maximum atomic E-state index is 12.7. The zero-order chi connectivity index (χ0) is 23.3. The number of thiophene rings is 1. The summed E-state index contributed by atoms with van der Waals surface area (Å²) < 4.78 is 11.0. The van der Waals surface area contributed by atoms with E-state index in [9.17, 15) is 9.59 Å². The van der Waals surface area contributed by atoms with Gasteiger partial charge in [-0.15, -0.1) is 11.3 Å². The van der Waals surface area contributed by atoms with Gasteiger partial charge >= 0.3 is 5.97 Å². The highest BCUT2D eigenvalue weighted by Gasteiger charge is 2.34. The molecular weight excluding hydrogens is 422 g/mol. The molecule has 1 heterocycles. The molecule has 0 spiro atoms. The molecule has 174 valence electrons. The molecule has 1 aliphatic rings. The van der Waals surface area contributed by atoms with E-state index in [2.05, 4.69) is 33.0 Å². The summed E-state index contributed by atoms with van der Waals surface area (Å²) in [7, 11) is 0. The lowest BCUT2D eigenvalue weighted by molar-refractivity contribution is -0.118. The van der Waals surface area contributed by atoms with Gasteiger partial charge in [0.15, 0.2) is 6.61 Å². The highest BCUT2D eigenvalue weighted by atomic mass is 32.1. The first kappa shape index (κ1) is 24.3. The van der Waals surface area contributed by atoms with Gasteiger partial charge in [0, 0.05) is 4.88 Å². The Labute approximate surface area is 195 Å². The van der Waals surface area contributed by atoms with Crippen LogP contribution < -0.4 is 10.1 Å². The maximum absolute atomic E-state index is 12.7. The highest BCUT2D eigenvalue weighted by Crippen LogP contribution is 2.44. The van der Waals surface area contributed by atoms with Gasteiger partial charge in [-0.3, -0.25) is 4.79 Å². The van der Waals surface area contributed by atoms with Crippen LogP contribution >= 0.6 is 11.3 Å². The van der Waals surface area contributed by atoms with Crippen LogP contribution in [-0.4, -0.2) is 25.1 Å². The van der Waals surface area contributed by atoms with Crippen molar-refractivity contribution in [1.82, 2.24) is 0 Å². The minimum atomic E-state index is -0.359. The fourth-order valence-corrected chi connectivity index (χ4v) is 5.52. The van der Waals surface area contributed by atoms with Crippen LogP contribution in [0, 0.1) is 11.3 Å². The monoisotopic (exact) mass is 457 g/mol. The lowest BCUT2D eigenvalue weighted by Crippen LogP contribution is -2.26. The summed E-state index contributed by atoms with van der Waals surface area (Å²) in [6.07, 6.45) is 4.90. The first-order chi connectivity index (χ1) is 15.2. The van der Waals surface area contributed by atoms with Gasteiger partial charge in [0.05, 0.1) is 12.2 Å². The Morgan fingerprint density at radius 1 is 1.16 bits per heavy atom. The van der Waals surface area contributed by atoms with Gasteiger partial charge in [0.1, 0.15) is 10.8 Å². The summed E-state index contributed by atoms with van der Waals surface area (Å²) in [4.78, 5) is 26.6. The molecule has 1 atom stereocenters. The molecule has 1 aromatic carbocycles. The molecule has 5 nitrogen and oxygen atoms in total. The van der Waals surface area contributed by atoms with Gasteiger partial charge in [0.2, 0.25) is 0 Å². The summed E-state index contributed by atoms with van der Waals surface area (Å²) in [6, 6.07) is 7.82. The van der Waals surface area contributed by atoms with Crippen LogP contribution in [0.25, 0.3) is 0 Å². The van der Waals surface area contributed by atoms with Crippen molar-refractivity contribution in [3.05, 3.63) is 45.8 Å². The van der Waals surface area contributed by atoms with E-state index < -0.39 is 0 Å². The van der Waals surface area contributed by atoms with Gasteiger partial charge in [-0.05, 0) is 67.2 Å². The van der Waals surface area contributed by atoms with E-state index in [4.69, 9.17) is 9.47 Å². The van der Waals surface area contributed by atoms with Crippen LogP contribution in [0.5, 0.6) is 5.75 Å². The molecule has 0 saturated heterocycles. The Bertz CT molecular complexity index is 940. The van der Waals surface area contributed by atoms with Gasteiger partial charge in [-0.2, -0.15) is 0 Å². The third-order valence-electron chi connectivity index (χ3n) is 6.05. The van der Waals surface area contributed by atoms with Gasteiger partial charge < -0.3 is 14.8 Å². The summed E-state index contributed by atoms with van der Waals surface area (Å²) in [6.45, 7) is 10.9. The normalized spacial score (nSPS) is 15.7. The number of carbonyl (C=O) groups is 2. The second kappa shape index (κ2) is 10.5. The Morgan fingerprint density at radius 2 is 1.88 bits per heavy atom. The molecule has 0 radical (unpaired) electrons. The lowest BCUT2D eigenvalue weighted by Gasteiger charge is -2.33. The minimum Gasteiger partial charge on any atom is -0.484 e. The van der Waals surface area contributed by atoms with Gasteiger partial charge in [-0.25, -0.2) is 4.79 Å². The number of hydrogen-bond donors (Lipinski definition) is 1. The first-order valence-corrected chi connectivity index (χ1v) is 12.4. The number of amides is 1. The van der Waals surface area contributed by atoms with Crippen molar-refractivity contribution in [2.75, 3.05) is 18.5 Å². The smallest absolute Gasteiger partial charge is 0.341 e. The predicted octanol–water partition coefficient (Wildman–Crippen LogP) is 6.05. The second-order valence-corrected chi connectivity index (χ2v) is 10.6. The average molecular weight is 458 g/mol. The number of rotatable bonds is 8. The van der Waals surface area contributed by atoms with Gasteiger partial charge in [-0.1, -0.05) is 46.2 Å². The molecule has 1 N–H and O–H groups in total. The quantitative estimate of drug-likeness (QED) is 0.490. The number of fused-ring (bicyclic) bond motifs is 1. The number of esters is 1. The Kier molecular flexibility index (Phi) is 7.99. The van der Waals surface area contributed by atoms with E-state index in [0.29, 0.717) is 28.8 Å². The average Bonchev–Trinajstić information content (AvgIpc) is 3.10.